The average Bonchev–Trinajstić information content (AvgIpc) is 3.07. The highest BCUT2D eigenvalue weighted by molar-refractivity contribution is 5.92. The molecule has 51 heavy (non-hydrogen) atoms. The van der Waals surface area contributed by atoms with Gasteiger partial charge < -0.3 is 36.7 Å². The molecular weight excluding hydrogens is 668 g/mol. The smallest absolute Gasteiger partial charge is 0.250 e. The number of carbonyl (C=O) groups is 2. The second-order valence-electron chi connectivity index (χ2n) is 12.0. The lowest BCUT2D eigenvalue weighted by Gasteiger charge is -2.08. The molecule has 2 heterocycles. The van der Waals surface area contributed by atoms with Gasteiger partial charge in [-0.1, -0.05) is 59.4 Å². The fourth-order valence-corrected chi connectivity index (χ4v) is 4.01. The maximum Gasteiger partial charge on any atom is 0.250 e. The first-order valence-electron chi connectivity index (χ1n) is 16.6. The van der Waals surface area contributed by atoms with Crippen molar-refractivity contribution in [2.75, 3.05) is 19.7 Å². The predicted octanol–water partition coefficient (Wildman–Crippen LogP) is 7.27. The second kappa shape index (κ2) is 26.3. The molecule has 4 aromatic rings. The van der Waals surface area contributed by atoms with Crippen molar-refractivity contribution in [2.45, 2.75) is 68.0 Å². The molecule has 0 bridgehead atoms. The lowest BCUT2D eigenvalue weighted by molar-refractivity contribution is 0.0991. The van der Waals surface area contributed by atoms with Gasteiger partial charge in [-0.05, 0) is 92.2 Å². The van der Waals surface area contributed by atoms with E-state index >= 15 is 0 Å². The highest BCUT2D eigenvalue weighted by atomic mass is 35.5. The van der Waals surface area contributed by atoms with Crippen molar-refractivity contribution < 1.29 is 24.2 Å². The minimum absolute atomic E-state index is 0. The number of primary amides is 2. The van der Waals surface area contributed by atoms with E-state index in [4.69, 9.17) is 26.0 Å². The van der Waals surface area contributed by atoms with Crippen LogP contribution in [0.3, 0.4) is 0 Å². The van der Waals surface area contributed by atoms with Gasteiger partial charge in [-0.25, -0.2) is 9.97 Å². The van der Waals surface area contributed by atoms with Crippen LogP contribution in [0.25, 0.3) is 0 Å². The summed E-state index contributed by atoms with van der Waals surface area (Å²) < 4.78 is 11.3. The van der Waals surface area contributed by atoms with Crippen LogP contribution in [0.1, 0.15) is 86.7 Å². The van der Waals surface area contributed by atoms with E-state index in [1.807, 2.05) is 48.5 Å². The van der Waals surface area contributed by atoms with E-state index in [2.05, 4.69) is 48.3 Å². The van der Waals surface area contributed by atoms with Gasteiger partial charge >= 0.3 is 0 Å². The summed E-state index contributed by atoms with van der Waals surface area (Å²) in [6.07, 6.45) is 5.16. The van der Waals surface area contributed by atoms with E-state index in [9.17, 15) is 9.59 Å². The van der Waals surface area contributed by atoms with Crippen molar-refractivity contribution in [3.05, 3.63) is 107 Å². The van der Waals surface area contributed by atoms with E-state index in [1.165, 1.54) is 36.4 Å². The number of ether oxygens (including phenoxy) is 2. The minimum Gasteiger partial charge on any atom is -0.439 e. The van der Waals surface area contributed by atoms with Gasteiger partial charge in [-0.15, -0.1) is 12.4 Å². The molecule has 0 aliphatic carbocycles. The number of nitrogens with one attached hydrogen (secondary N) is 2. The molecule has 280 valence electrons. The Labute approximate surface area is 310 Å². The molecule has 0 spiro atoms. The molecule has 0 aliphatic rings. The average molecular weight is 725 g/mol. The Kier molecular flexibility index (Phi) is 23.9. The monoisotopic (exact) mass is 724 g/mol. The van der Waals surface area contributed by atoms with E-state index in [0.717, 1.165) is 26.2 Å². The third-order valence-electron chi connectivity index (χ3n) is 6.79. The van der Waals surface area contributed by atoms with Gasteiger partial charge in [0.25, 0.3) is 0 Å². The first-order valence-corrected chi connectivity index (χ1v) is 16.6. The molecule has 0 aliphatic heterocycles. The fraction of sp³-hybridized carbons (Fsp3) is 0.385. The number of aliphatic hydroxyl groups is 1. The number of amides is 2. The number of rotatable bonds is 16. The Bertz CT molecular complexity index is 1390. The van der Waals surface area contributed by atoms with Crippen LogP contribution in [0, 0.1) is 11.8 Å². The summed E-state index contributed by atoms with van der Waals surface area (Å²) >= 11 is 0. The predicted molar refractivity (Wildman–Crippen MR) is 208 cm³/mol. The molecule has 0 unspecified atom stereocenters. The summed E-state index contributed by atoms with van der Waals surface area (Å²) in [6.45, 7) is 14.5. The van der Waals surface area contributed by atoms with Crippen LogP contribution in [0.2, 0.25) is 0 Å². The summed E-state index contributed by atoms with van der Waals surface area (Å²) in [4.78, 5) is 30.1. The van der Waals surface area contributed by atoms with Crippen LogP contribution >= 0.6 is 12.4 Å². The summed E-state index contributed by atoms with van der Waals surface area (Å²) in [6, 6.07) is 22.2. The summed E-state index contributed by atoms with van der Waals surface area (Å²) in [7, 11) is 0. The summed E-state index contributed by atoms with van der Waals surface area (Å²) in [5.41, 5.74) is 13.5. The summed E-state index contributed by atoms with van der Waals surface area (Å²) in [5.74, 6) is 2.69. The number of aliphatic hydroxyl groups excluding tert-OH is 1. The number of benzene rings is 2. The van der Waals surface area contributed by atoms with Gasteiger partial charge in [-0.3, -0.25) is 9.59 Å². The SMILES string of the molecule is C.CC(C)CCNCc1ccc(Oc2ccc(C(N)=O)cn2)cc1.CC(C)CCNCc1ccc(Oc2ccc(C(N)=O)cn2)cc1.CCO.Cl. The van der Waals surface area contributed by atoms with Gasteiger partial charge in [0.1, 0.15) is 11.5 Å². The number of halogens is 1. The van der Waals surface area contributed by atoms with E-state index < -0.39 is 11.8 Å². The lowest BCUT2D eigenvalue weighted by Crippen LogP contribution is -2.16. The topological polar surface area (TPSA) is 175 Å². The third-order valence-corrected chi connectivity index (χ3v) is 6.79. The standard InChI is InChI=1S/2C18H23N3O2.C2H6O.CH4.ClH/c2*1-13(2)9-10-20-11-14-3-6-16(7-4-14)23-17-8-5-15(12-21-17)18(19)22;1-2-3;;/h2*3-8,12-13,20H,9-11H2,1-2H3,(H2,19,22);3H,2H2,1H3;1H4;1H. The Morgan fingerprint density at radius 3 is 1.25 bits per heavy atom. The molecule has 0 saturated carbocycles. The van der Waals surface area contributed by atoms with E-state index in [0.29, 0.717) is 46.2 Å². The molecule has 0 radical (unpaired) electrons. The van der Waals surface area contributed by atoms with E-state index in [1.54, 1.807) is 31.2 Å². The summed E-state index contributed by atoms with van der Waals surface area (Å²) in [5, 5.41) is 14.4. The third kappa shape index (κ3) is 20.0. The number of nitrogens with zero attached hydrogens (tertiary/aromatic N) is 2. The first-order chi connectivity index (χ1) is 23.5. The molecule has 0 atom stereocenters. The molecule has 12 heteroatoms. The van der Waals surface area contributed by atoms with Crippen LogP contribution < -0.4 is 31.6 Å². The maximum absolute atomic E-state index is 11.0. The molecular formula is C39H57ClN6O5. The van der Waals surface area contributed by atoms with Crippen LogP contribution in [0.4, 0.5) is 0 Å². The highest BCUT2D eigenvalue weighted by Crippen LogP contribution is 2.21. The molecule has 0 saturated heterocycles. The number of pyridine rings is 2. The van der Waals surface area contributed by atoms with Gasteiger partial charge in [0.15, 0.2) is 0 Å². The van der Waals surface area contributed by atoms with Crippen molar-refractivity contribution in [3.8, 4) is 23.3 Å². The molecule has 4 rings (SSSR count). The quantitative estimate of drug-likeness (QED) is 0.0744. The molecule has 2 aromatic carbocycles. The molecule has 0 fully saturated rings. The Hall–Kier alpha value is -4.55. The largest absolute Gasteiger partial charge is 0.439 e. The molecule has 7 N–H and O–H groups in total. The van der Waals surface area contributed by atoms with Gasteiger partial charge in [0.2, 0.25) is 23.6 Å². The Balaban J connectivity index is 0.000000878. The second-order valence-corrected chi connectivity index (χ2v) is 12.0. The lowest BCUT2D eigenvalue weighted by atomic mass is 10.1. The Morgan fingerprint density at radius 2 is 1.00 bits per heavy atom. The van der Waals surface area contributed by atoms with Crippen LogP contribution in [-0.4, -0.2) is 46.6 Å². The number of hydrogen-bond acceptors (Lipinski definition) is 9. The van der Waals surface area contributed by atoms with Gasteiger partial charge in [0, 0.05) is 44.2 Å². The van der Waals surface area contributed by atoms with Crippen molar-refractivity contribution >= 4 is 24.2 Å². The van der Waals surface area contributed by atoms with Crippen molar-refractivity contribution in [2.24, 2.45) is 23.3 Å². The van der Waals surface area contributed by atoms with Gasteiger partial charge in [0.05, 0.1) is 11.1 Å². The highest BCUT2D eigenvalue weighted by Gasteiger charge is 2.05. The minimum atomic E-state index is -0.502. The van der Waals surface area contributed by atoms with Crippen molar-refractivity contribution in [1.82, 2.24) is 20.6 Å². The van der Waals surface area contributed by atoms with Gasteiger partial charge in [-0.2, -0.15) is 0 Å². The number of nitrogens with two attached hydrogens (primary N) is 2. The fourth-order valence-electron chi connectivity index (χ4n) is 4.01. The number of carbonyl (C=O) groups excluding carboxylic acids is 2. The maximum atomic E-state index is 11.0. The van der Waals surface area contributed by atoms with Crippen LogP contribution in [0.5, 0.6) is 23.3 Å². The van der Waals surface area contributed by atoms with Crippen LogP contribution in [0.15, 0.2) is 85.2 Å². The van der Waals surface area contributed by atoms with Crippen molar-refractivity contribution in [1.29, 1.82) is 0 Å². The molecule has 2 amide bonds. The first kappa shape index (κ1) is 46.5. The number of hydrogen-bond donors (Lipinski definition) is 5. The normalized spacial score (nSPS) is 10.0. The zero-order valence-electron chi connectivity index (χ0n) is 29.7. The number of aromatic nitrogens is 2. The Morgan fingerprint density at radius 1 is 0.667 bits per heavy atom. The zero-order chi connectivity index (χ0) is 36.0. The van der Waals surface area contributed by atoms with E-state index in [-0.39, 0.29) is 26.4 Å². The molecule has 2 aromatic heterocycles. The van der Waals surface area contributed by atoms with Crippen LogP contribution in [-0.2, 0) is 13.1 Å². The molecule has 11 nitrogen and oxygen atoms in total. The van der Waals surface area contributed by atoms with Crippen molar-refractivity contribution in [3.63, 3.8) is 0 Å². The zero-order valence-corrected chi connectivity index (χ0v) is 30.5.